The number of nitrogens with one attached hydrogen (secondary N) is 2. The van der Waals surface area contributed by atoms with E-state index in [1.807, 2.05) is 30.3 Å². The first-order chi connectivity index (χ1) is 14.9. The van der Waals surface area contributed by atoms with Crippen molar-refractivity contribution in [3.8, 4) is 16.9 Å². The van der Waals surface area contributed by atoms with E-state index in [-0.39, 0.29) is 18.2 Å². The van der Waals surface area contributed by atoms with E-state index in [2.05, 4.69) is 15.4 Å². The van der Waals surface area contributed by atoms with Gasteiger partial charge >= 0.3 is 5.97 Å². The van der Waals surface area contributed by atoms with Gasteiger partial charge in [-0.05, 0) is 36.2 Å². The van der Waals surface area contributed by atoms with Crippen LogP contribution < -0.4 is 10.6 Å². The molecule has 0 aliphatic heterocycles. The number of phenols is 1. The fraction of sp³-hybridized carbons (Fsp3) is 0.174. The van der Waals surface area contributed by atoms with Gasteiger partial charge in [0.1, 0.15) is 16.7 Å². The van der Waals surface area contributed by atoms with Crippen LogP contribution in [0.2, 0.25) is 0 Å². The fourth-order valence-corrected chi connectivity index (χ4v) is 3.94. The molecule has 1 unspecified atom stereocenters. The molecule has 0 aliphatic carbocycles. The molecule has 2 amide bonds. The molecule has 31 heavy (non-hydrogen) atoms. The number of ether oxygens (including phenoxy) is 1. The summed E-state index contributed by atoms with van der Waals surface area (Å²) in [4.78, 5) is 37.9. The number of carbonyl (C=O) groups excluding carboxylic acids is 3. The zero-order valence-corrected chi connectivity index (χ0v) is 17.9. The molecule has 0 fully saturated rings. The maximum atomic E-state index is 12.9. The number of rotatable bonds is 7. The number of hydrogen-bond acceptors (Lipinski definition) is 6. The summed E-state index contributed by atoms with van der Waals surface area (Å²) < 4.78 is 4.66. The van der Waals surface area contributed by atoms with Gasteiger partial charge in [-0.2, -0.15) is 0 Å². The lowest BCUT2D eigenvalue weighted by Crippen LogP contribution is -2.39. The predicted octanol–water partition coefficient (Wildman–Crippen LogP) is 3.34. The van der Waals surface area contributed by atoms with E-state index in [4.69, 9.17) is 0 Å². The van der Waals surface area contributed by atoms with E-state index >= 15 is 0 Å². The van der Waals surface area contributed by atoms with Crippen molar-refractivity contribution in [1.29, 1.82) is 0 Å². The molecule has 0 saturated heterocycles. The molecule has 0 radical (unpaired) electrons. The minimum absolute atomic E-state index is 0.118. The summed E-state index contributed by atoms with van der Waals surface area (Å²) in [6.07, 6.45) is 0. The molecule has 3 rings (SSSR count). The first kappa shape index (κ1) is 22.0. The van der Waals surface area contributed by atoms with Gasteiger partial charge in [-0.1, -0.05) is 42.5 Å². The number of phenolic OH excluding ortho intramolecular Hbond substituents is 1. The Labute approximate surface area is 183 Å². The predicted molar refractivity (Wildman–Crippen MR) is 118 cm³/mol. The molecule has 7 nitrogen and oxygen atoms in total. The molecule has 0 saturated carbocycles. The Morgan fingerprint density at radius 2 is 1.77 bits per heavy atom. The van der Waals surface area contributed by atoms with Gasteiger partial charge < -0.3 is 20.5 Å². The van der Waals surface area contributed by atoms with E-state index in [1.54, 1.807) is 30.3 Å². The highest BCUT2D eigenvalue weighted by atomic mass is 32.1. The quantitative estimate of drug-likeness (QED) is 0.491. The van der Waals surface area contributed by atoms with Gasteiger partial charge in [0.25, 0.3) is 11.8 Å². The summed E-state index contributed by atoms with van der Waals surface area (Å²) in [7, 11) is 1.25. The second-order valence-corrected chi connectivity index (χ2v) is 7.84. The molecule has 0 bridgehead atoms. The minimum Gasteiger partial charge on any atom is -0.508 e. The second-order valence-electron chi connectivity index (χ2n) is 6.79. The highest BCUT2D eigenvalue weighted by Gasteiger charge is 2.24. The normalized spacial score (nSPS) is 11.4. The Kier molecular flexibility index (Phi) is 7.04. The highest BCUT2D eigenvalue weighted by molar-refractivity contribution is 7.16. The maximum Gasteiger partial charge on any atom is 0.328 e. The lowest BCUT2D eigenvalue weighted by molar-refractivity contribution is -0.142. The van der Waals surface area contributed by atoms with Gasteiger partial charge in [0.2, 0.25) is 0 Å². The molecule has 160 valence electrons. The van der Waals surface area contributed by atoms with E-state index in [1.165, 1.54) is 14.0 Å². The molecular formula is C23H22N2O5S. The van der Waals surface area contributed by atoms with Crippen molar-refractivity contribution in [3.05, 3.63) is 76.0 Å². The van der Waals surface area contributed by atoms with Crippen LogP contribution in [0.5, 0.6) is 5.75 Å². The largest absolute Gasteiger partial charge is 0.508 e. The molecule has 2 aromatic carbocycles. The Balaban J connectivity index is 1.85. The number of aromatic hydroxyl groups is 1. The molecule has 0 aliphatic rings. The maximum absolute atomic E-state index is 12.9. The molecule has 1 aromatic heterocycles. The standard InChI is InChI=1S/C23H22N2O5S/c1-14(23(29)30-2)25-22(28)20-18(16-8-4-3-5-9-16)12-19(31-20)21(27)24-13-15-7-6-10-17(26)11-15/h3-12,14,26H,13H2,1-2H3,(H,24,27)(H,25,28). The van der Waals surface area contributed by atoms with Crippen molar-refractivity contribution in [2.75, 3.05) is 7.11 Å². The monoisotopic (exact) mass is 438 g/mol. The molecule has 3 N–H and O–H groups in total. The number of benzene rings is 2. The number of methoxy groups -OCH3 is 1. The van der Waals surface area contributed by atoms with Crippen LogP contribution >= 0.6 is 11.3 Å². The molecular weight excluding hydrogens is 416 g/mol. The van der Waals surface area contributed by atoms with Crippen molar-refractivity contribution in [2.45, 2.75) is 19.5 Å². The first-order valence-electron chi connectivity index (χ1n) is 9.53. The lowest BCUT2D eigenvalue weighted by atomic mass is 10.1. The molecule has 0 spiro atoms. The van der Waals surface area contributed by atoms with Crippen molar-refractivity contribution in [1.82, 2.24) is 10.6 Å². The summed E-state index contributed by atoms with van der Waals surface area (Å²) in [6.45, 7) is 1.76. The summed E-state index contributed by atoms with van der Waals surface area (Å²) in [6, 6.07) is 16.7. The van der Waals surface area contributed by atoms with E-state index in [0.29, 0.717) is 15.3 Å². The SMILES string of the molecule is COC(=O)C(C)NC(=O)c1sc(C(=O)NCc2cccc(O)c2)cc1-c1ccccc1. The number of hydrogen-bond donors (Lipinski definition) is 3. The van der Waals surface area contributed by atoms with E-state index in [9.17, 15) is 19.5 Å². The van der Waals surface area contributed by atoms with Crippen molar-refractivity contribution >= 4 is 29.1 Å². The lowest BCUT2D eigenvalue weighted by Gasteiger charge is -2.11. The van der Waals surface area contributed by atoms with Crippen LogP contribution in [0.3, 0.4) is 0 Å². The van der Waals surface area contributed by atoms with Gasteiger partial charge in [0, 0.05) is 12.1 Å². The molecule has 8 heteroatoms. The van der Waals surface area contributed by atoms with Crippen molar-refractivity contribution in [2.24, 2.45) is 0 Å². The zero-order chi connectivity index (χ0) is 22.4. The van der Waals surface area contributed by atoms with Crippen molar-refractivity contribution < 1.29 is 24.2 Å². The van der Waals surface area contributed by atoms with Crippen LogP contribution in [0.1, 0.15) is 31.8 Å². The number of carbonyl (C=O) groups is 3. The molecule has 1 atom stereocenters. The van der Waals surface area contributed by atoms with Crippen LogP contribution in [-0.4, -0.2) is 36.0 Å². The topological polar surface area (TPSA) is 105 Å². The summed E-state index contributed by atoms with van der Waals surface area (Å²) in [5.41, 5.74) is 2.13. The van der Waals surface area contributed by atoms with Crippen LogP contribution in [0, 0.1) is 0 Å². The van der Waals surface area contributed by atoms with Gasteiger partial charge in [0.05, 0.1) is 12.0 Å². The Morgan fingerprint density at radius 1 is 1.03 bits per heavy atom. The fourth-order valence-electron chi connectivity index (χ4n) is 2.94. The van der Waals surface area contributed by atoms with Gasteiger partial charge in [-0.15, -0.1) is 11.3 Å². The summed E-state index contributed by atoms with van der Waals surface area (Å²) in [5.74, 6) is -1.25. The number of thiophene rings is 1. The van der Waals surface area contributed by atoms with Crippen LogP contribution in [0.4, 0.5) is 0 Å². The smallest absolute Gasteiger partial charge is 0.328 e. The average molecular weight is 439 g/mol. The third-order valence-corrected chi connectivity index (χ3v) is 5.65. The second kappa shape index (κ2) is 9.90. The van der Waals surface area contributed by atoms with Crippen molar-refractivity contribution in [3.63, 3.8) is 0 Å². The Hall–Kier alpha value is -3.65. The van der Waals surface area contributed by atoms with Gasteiger partial charge in [-0.25, -0.2) is 4.79 Å². The van der Waals surface area contributed by atoms with E-state index in [0.717, 1.165) is 22.5 Å². The molecule has 3 aromatic rings. The summed E-state index contributed by atoms with van der Waals surface area (Å²) >= 11 is 1.04. The first-order valence-corrected chi connectivity index (χ1v) is 10.3. The van der Waals surface area contributed by atoms with Crippen LogP contribution in [0.15, 0.2) is 60.7 Å². The Morgan fingerprint density at radius 3 is 2.45 bits per heavy atom. The third kappa shape index (κ3) is 5.49. The highest BCUT2D eigenvalue weighted by Crippen LogP contribution is 2.32. The van der Waals surface area contributed by atoms with Gasteiger partial charge in [0.15, 0.2) is 0 Å². The number of esters is 1. The third-order valence-electron chi connectivity index (χ3n) is 4.51. The van der Waals surface area contributed by atoms with Gasteiger partial charge in [-0.3, -0.25) is 9.59 Å². The molecule has 1 heterocycles. The van der Waals surface area contributed by atoms with Crippen LogP contribution in [-0.2, 0) is 16.1 Å². The van der Waals surface area contributed by atoms with Crippen LogP contribution in [0.25, 0.3) is 11.1 Å². The number of amides is 2. The zero-order valence-electron chi connectivity index (χ0n) is 17.0. The minimum atomic E-state index is -0.828. The van der Waals surface area contributed by atoms with E-state index < -0.39 is 17.9 Å². The average Bonchev–Trinajstić information content (AvgIpc) is 3.23. The Bertz CT molecular complexity index is 1090. The summed E-state index contributed by atoms with van der Waals surface area (Å²) in [5, 5.41) is 15.0.